The van der Waals surface area contributed by atoms with Gasteiger partial charge in [-0.3, -0.25) is 4.79 Å². The molecule has 1 heterocycles. The molecule has 5 nitrogen and oxygen atoms in total. The first-order chi connectivity index (χ1) is 11.3. The number of nitrogens with zero attached hydrogens (tertiary/aromatic N) is 1. The average Bonchev–Trinajstić information content (AvgIpc) is 2.52. The van der Waals surface area contributed by atoms with Crippen molar-refractivity contribution in [1.82, 2.24) is 10.3 Å². The van der Waals surface area contributed by atoms with E-state index < -0.39 is 23.8 Å². The van der Waals surface area contributed by atoms with Crippen molar-refractivity contribution in [3.63, 3.8) is 0 Å². The lowest BCUT2D eigenvalue weighted by atomic mass is 10.2. The first-order valence-corrected chi connectivity index (χ1v) is 7.03. The normalized spacial score (nSPS) is 12.5. The summed E-state index contributed by atoms with van der Waals surface area (Å²) in [5, 5.41) is 11.7. The zero-order valence-corrected chi connectivity index (χ0v) is 12.7. The molecule has 1 aromatic heterocycles. The Morgan fingerprint density at radius 1 is 1.33 bits per heavy atom. The summed E-state index contributed by atoms with van der Waals surface area (Å²) in [5.74, 6) is -0.168. The van der Waals surface area contributed by atoms with Gasteiger partial charge in [0.05, 0.1) is 11.7 Å². The lowest BCUT2D eigenvalue weighted by Crippen LogP contribution is -2.30. The van der Waals surface area contributed by atoms with Gasteiger partial charge in [-0.1, -0.05) is 6.07 Å². The molecule has 0 radical (unpaired) electrons. The summed E-state index contributed by atoms with van der Waals surface area (Å²) in [6, 6.07) is 8.05. The molecule has 0 bridgehead atoms. The van der Waals surface area contributed by atoms with Crippen LogP contribution < -0.4 is 10.1 Å². The van der Waals surface area contributed by atoms with Gasteiger partial charge in [-0.25, -0.2) is 4.98 Å². The summed E-state index contributed by atoms with van der Waals surface area (Å²) < 4.78 is 42.8. The lowest BCUT2D eigenvalue weighted by Gasteiger charge is -2.10. The Bertz CT molecular complexity index is 700. The number of aliphatic hydroxyl groups is 1. The van der Waals surface area contributed by atoms with Crippen LogP contribution in [0.4, 0.5) is 13.2 Å². The highest BCUT2D eigenvalue weighted by atomic mass is 19.4. The zero-order valence-electron chi connectivity index (χ0n) is 12.7. The van der Waals surface area contributed by atoms with Crippen LogP contribution in [0.25, 0.3) is 0 Å². The highest BCUT2D eigenvalue weighted by Gasteiger charge is 2.30. The number of carbonyl (C=O) groups is 1. The fourth-order valence-corrected chi connectivity index (χ4v) is 1.77. The van der Waals surface area contributed by atoms with E-state index in [1.165, 1.54) is 13.0 Å². The molecule has 0 aliphatic carbocycles. The molecule has 2 rings (SSSR count). The van der Waals surface area contributed by atoms with Gasteiger partial charge in [-0.2, -0.15) is 13.2 Å². The fraction of sp³-hybridized carbons (Fsp3) is 0.250. The molecule has 0 aliphatic rings. The molecular weight excluding hydrogens is 325 g/mol. The topological polar surface area (TPSA) is 71.5 Å². The van der Waals surface area contributed by atoms with Crippen LogP contribution in [0.2, 0.25) is 0 Å². The van der Waals surface area contributed by atoms with E-state index in [9.17, 15) is 18.0 Å². The second kappa shape index (κ2) is 7.31. The van der Waals surface area contributed by atoms with Crippen molar-refractivity contribution in [1.29, 1.82) is 0 Å². The van der Waals surface area contributed by atoms with Crippen LogP contribution in [0, 0.1) is 0 Å². The van der Waals surface area contributed by atoms with Crippen LogP contribution in [0.15, 0.2) is 42.6 Å². The van der Waals surface area contributed by atoms with E-state index in [1.54, 1.807) is 18.2 Å². The minimum atomic E-state index is -4.46. The number of nitrogens with one attached hydrogen (secondary N) is 1. The summed E-state index contributed by atoms with van der Waals surface area (Å²) in [6.45, 7) is 1.64. The monoisotopic (exact) mass is 340 g/mol. The Labute approximate surface area is 136 Å². The first kappa shape index (κ1) is 17.7. The van der Waals surface area contributed by atoms with Crippen molar-refractivity contribution >= 4 is 5.91 Å². The van der Waals surface area contributed by atoms with Crippen LogP contribution in [0.5, 0.6) is 11.6 Å². The highest BCUT2D eigenvalue weighted by molar-refractivity contribution is 5.94. The van der Waals surface area contributed by atoms with E-state index in [0.717, 1.165) is 12.1 Å². The number of alkyl halides is 3. The smallest absolute Gasteiger partial charge is 0.417 e. The van der Waals surface area contributed by atoms with Crippen molar-refractivity contribution < 1.29 is 27.8 Å². The van der Waals surface area contributed by atoms with Gasteiger partial charge in [-0.05, 0) is 31.2 Å². The summed E-state index contributed by atoms with van der Waals surface area (Å²) in [5.41, 5.74) is -0.582. The molecule has 0 saturated heterocycles. The molecule has 1 amide bonds. The minimum absolute atomic E-state index is 0.0236. The van der Waals surface area contributed by atoms with E-state index >= 15 is 0 Å². The minimum Gasteiger partial charge on any atom is -0.439 e. The number of ether oxygens (including phenoxy) is 1. The van der Waals surface area contributed by atoms with Gasteiger partial charge in [0.1, 0.15) is 5.75 Å². The van der Waals surface area contributed by atoms with Gasteiger partial charge >= 0.3 is 6.18 Å². The van der Waals surface area contributed by atoms with Crippen LogP contribution >= 0.6 is 0 Å². The van der Waals surface area contributed by atoms with Gasteiger partial charge in [0.2, 0.25) is 5.88 Å². The van der Waals surface area contributed by atoms with Crippen LogP contribution in [-0.2, 0) is 6.18 Å². The Kier molecular flexibility index (Phi) is 5.40. The zero-order chi connectivity index (χ0) is 17.7. The van der Waals surface area contributed by atoms with Gasteiger partial charge in [0.15, 0.2) is 0 Å². The third kappa shape index (κ3) is 4.95. The van der Waals surface area contributed by atoms with E-state index in [2.05, 4.69) is 10.3 Å². The predicted molar refractivity (Wildman–Crippen MR) is 79.8 cm³/mol. The standard InChI is InChI=1S/C16H15F3N2O3/c1-10(22)8-21-15(23)11-3-2-4-13(7-11)24-14-6-5-12(9-20-14)16(17,18)19/h2-7,9-10,22H,8H2,1H3,(H,21,23)/t10-/m0/s1. The van der Waals surface area contributed by atoms with Crippen LogP contribution in [0.1, 0.15) is 22.8 Å². The molecule has 0 unspecified atom stereocenters. The number of benzene rings is 1. The van der Waals surface area contributed by atoms with Crippen molar-refractivity contribution in [2.45, 2.75) is 19.2 Å². The maximum absolute atomic E-state index is 12.5. The van der Waals surface area contributed by atoms with Crippen LogP contribution in [0.3, 0.4) is 0 Å². The summed E-state index contributed by atoms with van der Waals surface area (Å²) in [6.07, 6.45) is -4.47. The fourth-order valence-electron chi connectivity index (χ4n) is 1.77. The molecular formula is C16H15F3N2O3. The number of aromatic nitrogens is 1. The molecule has 24 heavy (non-hydrogen) atoms. The highest BCUT2D eigenvalue weighted by Crippen LogP contribution is 2.30. The van der Waals surface area contributed by atoms with Gasteiger partial charge in [-0.15, -0.1) is 0 Å². The van der Waals surface area contributed by atoms with Crippen molar-refractivity contribution in [3.8, 4) is 11.6 Å². The largest absolute Gasteiger partial charge is 0.439 e. The van der Waals surface area contributed by atoms with Gasteiger partial charge in [0, 0.05) is 24.4 Å². The van der Waals surface area contributed by atoms with E-state index in [1.807, 2.05) is 0 Å². The lowest BCUT2D eigenvalue weighted by molar-refractivity contribution is -0.137. The Hall–Kier alpha value is -2.61. The predicted octanol–water partition coefficient (Wildman–Crippen LogP) is 3.00. The number of hydrogen-bond acceptors (Lipinski definition) is 4. The SMILES string of the molecule is C[C@H](O)CNC(=O)c1cccc(Oc2ccc(C(F)(F)F)cn2)c1. The number of carbonyl (C=O) groups excluding carboxylic acids is 1. The second-order valence-corrected chi connectivity index (χ2v) is 5.07. The van der Waals surface area contributed by atoms with E-state index in [-0.39, 0.29) is 18.2 Å². The molecule has 0 spiro atoms. The van der Waals surface area contributed by atoms with Gasteiger partial charge in [0.25, 0.3) is 5.91 Å². The number of hydrogen-bond donors (Lipinski definition) is 2. The molecule has 2 aromatic rings. The summed E-state index contributed by atoms with van der Waals surface area (Å²) in [7, 11) is 0. The number of halogens is 3. The van der Waals surface area contributed by atoms with E-state index in [0.29, 0.717) is 11.8 Å². The van der Waals surface area contributed by atoms with Crippen molar-refractivity contribution in [2.75, 3.05) is 6.54 Å². The third-order valence-corrected chi connectivity index (χ3v) is 2.94. The van der Waals surface area contributed by atoms with Crippen molar-refractivity contribution in [2.24, 2.45) is 0 Å². The van der Waals surface area contributed by atoms with Gasteiger partial charge < -0.3 is 15.2 Å². The van der Waals surface area contributed by atoms with Crippen molar-refractivity contribution in [3.05, 3.63) is 53.7 Å². The Morgan fingerprint density at radius 2 is 2.08 bits per heavy atom. The second-order valence-electron chi connectivity index (χ2n) is 5.07. The van der Waals surface area contributed by atoms with Crippen LogP contribution in [-0.4, -0.2) is 28.6 Å². The summed E-state index contributed by atoms with van der Waals surface area (Å²) >= 11 is 0. The number of amides is 1. The molecule has 128 valence electrons. The number of rotatable bonds is 5. The average molecular weight is 340 g/mol. The molecule has 1 aromatic carbocycles. The quantitative estimate of drug-likeness (QED) is 0.878. The molecule has 8 heteroatoms. The Morgan fingerprint density at radius 3 is 2.67 bits per heavy atom. The molecule has 2 N–H and O–H groups in total. The number of aliphatic hydroxyl groups excluding tert-OH is 1. The molecule has 0 fully saturated rings. The molecule has 0 saturated carbocycles. The molecule has 1 atom stereocenters. The summed E-state index contributed by atoms with van der Waals surface area (Å²) in [4.78, 5) is 15.5. The first-order valence-electron chi connectivity index (χ1n) is 7.03. The third-order valence-electron chi connectivity index (χ3n) is 2.94. The maximum atomic E-state index is 12.5. The molecule has 0 aliphatic heterocycles. The number of pyridine rings is 1. The maximum Gasteiger partial charge on any atom is 0.417 e. The Balaban J connectivity index is 2.08. The van der Waals surface area contributed by atoms with E-state index in [4.69, 9.17) is 9.84 Å².